The predicted octanol–water partition coefficient (Wildman–Crippen LogP) is 4.02. The molecule has 39 heavy (non-hydrogen) atoms. The number of ether oxygens (including phenoxy) is 5. The quantitative estimate of drug-likeness (QED) is 0.313. The fourth-order valence-corrected chi connectivity index (χ4v) is 5.67. The summed E-state index contributed by atoms with van der Waals surface area (Å²) in [4.78, 5) is 47.8. The molecule has 3 rings (SSSR count). The second-order valence-corrected chi connectivity index (χ2v) is 10.5. The molecule has 1 aliphatic rings. The molecule has 0 radical (unpaired) electrons. The Balaban J connectivity index is 1.97. The number of rotatable bonds is 10. The lowest BCUT2D eigenvalue weighted by molar-refractivity contribution is -0.190. The molecule has 0 saturated carbocycles. The SMILES string of the molecule is CCc1ccc(Cc2ccccc2O[C@H]2S[C@@H](COC(C)=O)[C@@H](OC(C)=O)[C@H](OC(C)=O)[C@H]2OC(C)=O)cc1. The van der Waals surface area contributed by atoms with Crippen molar-refractivity contribution in [2.24, 2.45) is 0 Å². The highest BCUT2D eigenvalue weighted by Gasteiger charge is 2.53. The standard InChI is InChI=1S/C29H34O9S/c1-6-21-11-13-22(14-12-21)15-23-9-7-8-10-24(23)38-29-28(37-20(5)33)27(36-19(4)32)26(35-18(3)31)25(39-29)16-34-17(2)30/h7-14,25-29H,6,15-16H2,1-5H3/t25-,26+,27-,28+,29-/m0/s1. The first kappa shape index (κ1) is 30.0. The minimum Gasteiger partial charge on any atom is -0.475 e. The van der Waals surface area contributed by atoms with Crippen molar-refractivity contribution in [2.75, 3.05) is 6.61 Å². The van der Waals surface area contributed by atoms with Crippen LogP contribution >= 0.6 is 11.8 Å². The molecule has 2 aromatic carbocycles. The summed E-state index contributed by atoms with van der Waals surface area (Å²) in [5.41, 5.74) is 2.35. The highest BCUT2D eigenvalue weighted by Crippen LogP contribution is 2.40. The maximum Gasteiger partial charge on any atom is 0.303 e. The molecule has 1 aliphatic heterocycles. The van der Waals surface area contributed by atoms with E-state index in [2.05, 4.69) is 31.2 Å². The molecule has 0 N–H and O–H groups in total. The number of hydrogen-bond acceptors (Lipinski definition) is 10. The van der Waals surface area contributed by atoms with Gasteiger partial charge >= 0.3 is 23.9 Å². The molecule has 0 amide bonds. The van der Waals surface area contributed by atoms with Gasteiger partial charge in [-0.15, -0.1) is 11.8 Å². The molecule has 2 aromatic rings. The number of thioether (sulfide) groups is 1. The van der Waals surface area contributed by atoms with Crippen molar-refractivity contribution in [1.29, 1.82) is 0 Å². The van der Waals surface area contributed by atoms with Gasteiger partial charge < -0.3 is 23.7 Å². The molecular formula is C29H34O9S. The van der Waals surface area contributed by atoms with Crippen molar-refractivity contribution in [3.8, 4) is 5.75 Å². The van der Waals surface area contributed by atoms with E-state index < -0.39 is 52.9 Å². The largest absolute Gasteiger partial charge is 0.475 e. The normalized spacial score (nSPS) is 22.3. The van der Waals surface area contributed by atoms with Crippen molar-refractivity contribution >= 4 is 35.6 Å². The van der Waals surface area contributed by atoms with Gasteiger partial charge in [0.05, 0.1) is 5.25 Å². The maximum absolute atomic E-state index is 12.1. The molecule has 0 bridgehead atoms. The molecule has 0 spiro atoms. The summed E-state index contributed by atoms with van der Waals surface area (Å²) in [6.07, 6.45) is -1.84. The van der Waals surface area contributed by atoms with Crippen LogP contribution < -0.4 is 4.74 Å². The minimum absolute atomic E-state index is 0.145. The highest BCUT2D eigenvalue weighted by atomic mass is 32.2. The zero-order valence-electron chi connectivity index (χ0n) is 22.7. The fraction of sp³-hybridized carbons (Fsp3) is 0.448. The third-order valence-electron chi connectivity index (χ3n) is 5.99. The van der Waals surface area contributed by atoms with Gasteiger partial charge in [0.15, 0.2) is 23.7 Å². The Morgan fingerprint density at radius 2 is 1.28 bits per heavy atom. The van der Waals surface area contributed by atoms with Crippen molar-refractivity contribution in [1.82, 2.24) is 0 Å². The molecule has 0 aliphatic carbocycles. The third-order valence-corrected chi connectivity index (χ3v) is 7.38. The minimum atomic E-state index is -1.20. The van der Waals surface area contributed by atoms with E-state index in [0.29, 0.717) is 12.2 Å². The first-order valence-corrected chi connectivity index (χ1v) is 13.6. The van der Waals surface area contributed by atoms with Gasteiger partial charge in [0, 0.05) is 34.1 Å². The van der Waals surface area contributed by atoms with E-state index in [4.69, 9.17) is 23.7 Å². The Morgan fingerprint density at radius 1 is 0.718 bits per heavy atom. The smallest absolute Gasteiger partial charge is 0.303 e. The van der Waals surface area contributed by atoms with Crippen molar-refractivity contribution in [3.05, 3.63) is 65.2 Å². The number of carbonyl (C=O) groups excluding carboxylic acids is 4. The topological polar surface area (TPSA) is 114 Å². The van der Waals surface area contributed by atoms with Gasteiger partial charge in [0.2, 0.25) is 0 Å². The maximum atomic E-state index is 12.1. The van der Waals surface area contributed by atoms with Crippen LogP contribution in [0.4, 0.5) is 0 Å². The summed E-state index contributed by atoms with van der Waals surface area (Å²) in [5.74, 6) is -1.91. The number of aryl methyl sites for hydroxylation is 1. The van der Waals surface area contributed by atoms with E-state index in [1.807, 2.05) is 18.2 Å². The third kappa shape index (κ3) is 8.74. The number of esters is 4. The fourth-order valence-electron chi connectivity index (χ4n) is 4.29. The van der Waals surface area contributed by atoms with E-state index in [-0.39, 0.29) is 6.61 Å². The average molecular weight is 559 g/mol. The second-order valence-electron chi connectivity index (χ2n) is 9.14. The van der Waals surface area contributed by atoms with Crippen LogP contribution in [0.2, 0.25) is 0 Å². The summed E-state index contributed by atoms with van der Waals surface area (Å²) in [7, 11) is 0. The number of carbonyl (C=O) groups is 4. The van der Waals surface area contributed by atoms with Crippen LogP contribution in [-0.2, 0) is 51.0 Å². The van der Waals surface area contributed by atoms with Gasteiger partial charge in [-0.05, 0) is 29.2 Å². The van der Waals surface area contributed by atoms with E-state index in [1.165, 1.54) is 45.0 Å². The van der Waals surface area contributed by atoms with Crippen molar-refractivity contribution < 1.29 is 42.9 Å². The van der Waals surface area contributed by atoms with E-state index in [1.54, 1.807) is 6.07 Å². The van der Waals surface area contributed by atoms with Crippen LogP contribution in [0.5, 0.6) is 5.75 Å². The lowest BCUT2D eigenvalue weighted by Gasteiger charge is -2.43. The van der Waals surface area contributed by atoms with Gasteiger partial charge in [-0.25, -0.2) is 0 Å². The molecule has 0 aromatic heterocycles. The van der Waals surface area contributed by atoms with Gasteiger partial charge in [-0.3, -0.25) is 19.2 Å². The van der Waals surface area contributed by atoms with Crippen LogP contribution in [-0.4, -0.2) is 59.5 Å². The van der Waals surface area contributed by atoms with Crippen molar-refractivity contribution in [2.45, 2.75) is 76.5 Å². The van der Waals surface area contributed by atoms with Crippen LogP contribution in [0.1, 0.15) is 51.3 Å². The van der Waals surface area contributed by atoms with Gasteiger partial charge in [-0.1, -0.05) is 49.4 Å². The Labute approximate surface area is 232 Å². The number of hydrogen-bond donors (Lipinski definition) is 0. The Kier molecular flexibility index (Phi) is 10.8. The molecule has 9 nitrogen and oxygen atoms in total. The molecular weight excluding hydrogens is 524 g/mol. The predicted molar refractivity (Wildman–Crippen MR) is 144 cm³/mol. The number of para-hydroxylation sites is 1. The molecule has 1 saturated heterocycles. The van der Waals surface area contributed by atoms with E-state index in [0.717, 1.165) is 17.5 Å². The van der Waals surface area contributed by atoms with Crippen LogP contribution in [0.25, 0.3) is 0 Å². The summed E-state index contributed by atoms with van der Waals surface area (Å²) >= 11 is 1.17. The first-order chi connectivity index (χ1) is 18.6. The van der Waals surface area contributed by atoms with Gasteiger partial charge in [0.1, 0.15) is 12.4 Å². The van der Waals surface area contributed by atoms with Gasteiger partial charge in [0.25, 0.3) is 0 Å². The zero-order chi connectivity index (χ0) is 28.5. The van der Waals surface area contributed by atoms with Crippen molar-refractivity contribution in [3.63, 3.8) is 0 Å². The Bertz CT molecular complexity index is 1160. The highest BCUT2D eigenvalue weighted by molar-refractivity contribution is 8.00. The second kappa shape index (κ2) is 14.0. The molecule has 1 fully saturated rings. The monoisotopic (exact) mass is 558 g/mol. The zero-order valence-corrected chi connectivity index (χ0v) is 23.5. The summed E-state index contributed by atoms with van der Waals surface area (Å²) < 4.78 is 28.3. The molecule has 1 heterocycles. The number of benzene rings is 2. The van der Waals surface area contributed by atoms with Crippen LogP contribution in [0, 0.1) is 0 Å². The summed E-state index contributed by atoms with van der Waals surface area (Å²) in [5, 5.41) is -0.673. The lowest BCUT2D eigenvalue weighted by Crippen LogP contribution is -2.59. The summed E-state index contributed by atoms with van der Waals surface area (Å²) in [6, 6.07) is 15.8. The van der Waals surface area contributed by atoms with Crippen LogP contribution in [0.15, 0.2) is 48.5 Å². The molecule has 5 atom stereocenters. The van der Waals surface area contributed by atoms with Crippen LogP contribution in [0.3, 0.4) is 0 Å². The molecule has 10 heteroatoms. The Morgan fingerprint density at radius 3 is 1.87 bits per heavy atom. The lowest BCUT2D eigenvalue weighted by atomic mass is 10.0. The Hall–Kier alpha value is -3.53. The first-order valence-electron chi connectivity index (χ1n) is 12.7. The average Bonchev–Trinajstić information content (AvgIpc) is 2.87. The molecule has 0 unspecified atom stereocenters. The van der Waals surface area contributed by atoms with E-state index >= 15 is 0 Å². The van der Waals surface area contributed by atoms with Gasteiger partial charge in [-0.2, -0.15) is 0 Å². The van der Waals surface area contributed by atoms with E-state index in [9.17, 15) is 19.2 Å². The summed E-state index contributed by atoms with van der Waals surface area (Å²) in [6.45, 7) is 6.86. The molecule has 210 valence electrons.